The van der Waals surface area contributed by atoms with Gasteiger partial charge in [-0.05, 0) is 57.9 Å². The van der Waals surface area contributed by atoms with Gasteiger partial charge in [-0.1, -0.05) is 0 Å². The maximum Gasteiger partial charge on any atom is 0.166 e. The number of hydrogen-bond acceptors (Lipinski definition) is 4. The molecule has 0 saturated carbocycles. The predicted octanol–water partition coefficient (Wildman–Crippen LogP) is 4.17. The zero-order chi connectivity index (χ0) is 17.1. The van der Waals surface area contributed by atoms with Crippen molar-refractivity contribution in [3.05, 3.63) is 46.9 Å². The molecule has 0 N–H and O–H groups in total. The van der Waals surface area contributed by atoms with Crippen LogP contribution in [0.4, 0.5) is 0 Å². The number of ether oxygens (including phenoxy) is 2. The number of furan rings is 1. The second-order valence-electron chi connectivity index (χ2n) is 7.89. The molecular weight excluding hydrogens is 302 g/mol. The molecule has 0 fully saturated rings. The predicted molar refractivity (Wildman–Crippen MR) is 93.5 cm³/mol. The molecule has 2 aliphatic rings. The van der Waals surface area contributed by atoms with Crippen LogP contribution in [0.25, 0.3) is 0 Å². The van der Waals surface area contributed by atoms with Gasteiger partial charge in [0.25, 0.3) is 0 Å². The van der Waals surface area contributed by atoms with Gasteiger partial charge in [-0.15, -0.1) is 0 Å². The minimum Gasteiger partial charge on any atom is -0.493 e. The van der Waals surface area contributed by atoms with Gasteiger partial charge in [-0.25, -0.2) is 0 Å². The van der Waals surface area contributed by atoms with Crippen molar-refractivity contribution in [3.8, 4) is 11.5 Å². The lowest BCUT2D eigenvalue weighted by Gasteiger charge is -2.30. The molecule has 1 aromatic heterocycles. The summed E-state index contributed by atoms with van der Waals surface area (Å²) in [5.74, 6) is 2.46. The Labute approximate surface area is 142 Å². The highest BCUT2D eigenvalue weighted by molar-refractivity contribution is 6.14. The molecule has 0 bridgehead atoms. The lowest BCUT2D eigenvalue weighted by Crippen LogP contribution is -2.30. The molecule has 4 nitrogen and oxygen atoms in total. The van der Waals surface area contributed by atoms with Gasteiger partial charge < -0.3 is 13.9 Å². The summed E-state index contributed by atoms with van der Waals surface area (Å²) < 4.78 is 17.5. The zero-order valence-electron chi connectivity index (χ0n) is 14.9. The van der Waals surface area contributed by atoms with Crippen molar-refractivity contribution in [2.75, 3.05) is 7.11 Å². The van der Waals surface area contributed by atoms with Gasteiger partial charge in [-0.2, -0.15) is 0 Å². The third-order valence-electron chi connectivity index (χ3n) is 4.66. The van der Waals surface area contributed by atoms with E-state index in [0.717, 1.165) is 41.4 Å². The highest BCUT2D eigenvalue weighted by Crippen LogP contribution is 2.47. The van der Waals surface area contributed by atoms with E-state index in [1.807, 2.05) is 12.1 Å². The summed E-state index contributed by atoms with van der Waals surface area (Å²) in [6.45, 7) is 8.52. The number of nitrogens with zero attached hydrogens (tertiary/aromatic N) is 1. The molecule has 2 aromatic rings. The van der Waals surface area contributed by atoms with E-state index in [4.69, 9.17) is 18.9 Å². The smallest absolute Gasteiger partial charge is 0.166 e. The fraction of sp³-hybridized carbons (Fsp3) is 0.450. The molecule has 1 aromatic carbocycles. The van der Waals surface area contributed by atoms with Crippen molar-refractivity contribution < 1.29 is 13.9 Å². The van der Waals surface area contributed by atoms with E-state index in [0.29, 0.717) is 0 Å². The van der Waals surface area contributed by atoms with Gasteiger partial charge in [0.15, 0.2) is 17.3 Å². The van der Waals surface area contributed by atoms with E-state index in [9.17, 15) is 0 Å². The number of hydrogen-bond donors (Lipinski definition) is 0. The Morgan fingerprint density at radius 3 is 2.62 bits per heavy atom. The molecule has 126 valence electrons. The summed E-state index contributed by atoms with van der Waals surface area (Å²) in [7, 11) is 1.70. The number of methoxy groups -OCH3 is 1. The van der Waals surface area contributed by atoms with Gasteiger partial charge >= 0.3 is 0 Å². The van der Waals surface area contributed by atoms with E-state index in [1.54, 1.807) is 13.4 Å². The highest BCUT2D eigenvalue weighted by atomic mass is 16.5. The quantitative estimate of drug-likeness (QED) is 0.832. The Kier molecular flexibility index (Phi) is 3.11. The first-order valence-electron chi connectivity index (χ1n) is 8.35. The molecule has 3 heterocycles. The zero-order valence-corrected chi connectivity index (χ0v) is 14.9. The molecule has 0 radical (unpaired) electrons. The van der Waals surface area contributed by atoms with Crippen LogP contribution < -0.4 is 9.47 Å². The molecule has 0 spiro atoms. The van der Waals surface area contributed by atoms with E-state index < -0.39 is 0 Å². The Hall–Kier alpha value is -2.23. The first-order chi connectivity index (χ1) is 11.3. The van der Waals surface area contributed by atoms with Crippen LogP contribution in [0.1, 0.15) is 50.1 Å². The molecule has 4 heteroatoms. The normalized spacial score (nSPS) is 20.0. The Bertz CT molecular complexity index is 829. The minimum absolute atomic E-state index is 0.177. The first-order valence-corrected chi connectivity index (χ1v) is 8.35. The monoisotopic (exact) mass is 325 g/mol. The van der Waals surface area contributed by atoms with E-state index in [2.05, 4.69) is 33.8 Å². The van der Waals surface area contributed by atoms with Crippen LogP contribution in [0.2, 0.25) is 0 Å². The molecule has 4 rings (SSSR count). The van der Waals surface area contributed by atoms with Gasteiger partial charge in [0, 0.05) is 17.5 Å². The van der Waals surface area contributed by atoms with Crippen LogP contribution in [-0.2, 0) is 12.8 Å². The fourth-order valence-electron chi connectivity index (χ4n) is 3.81. The molecule has 2 aliphatic heterocycles. The summed E-state index contributed by atoms with van der Waals surface area (Å²) in [6, 6.07) is 5.99. The molecule has 24 heavy (non-hydrogen) atoms. The van der Waals surface area contributed by atoms with Crippen molar-refractivity contribution in [1.29, 1.82) is 0 Å². The number of fused-ring (bicyclic) bond motifs is 3. The summed E-state index contributed by atoms with van der Waals surface area (Å²) in [5, 5.41) is 0. The van der Waals surface area contributed by atoms with E-state index in [1.165, 1.54) is 11.1 Å². The summed E-state index contributed by atoms with van der Waals surface area (Å²) in [4.78, 5) is 5.01. The van der Waals surface area contributed by atoms with E-state index in [-0.39, 0.29) is 11.1 Å². The van der Waals surface area contributed by atoms with Crippen LogP contribution in [0.3, 0.4) is 0 Å². The van der Waals surface area contributed by atoms with Crippen LogP contribution in [-0.4, -0.2) is 24.0 Å². The summed E-state index contributed by atoms with van der Waals surface area (Å²) >= 11 is 0. The Balaban J connectivity index is 2.00. The van der Waals surface area contributed by atoms with Crippen molar-refractivity contribution in [1.82, 2.24) is 0 Å². The molecule has 0 atom stereocenters. The van der Waals surface area contributed by atoms with Crippen molar-refractivity contribution >= 4 is 5.71 Å². The van der Waals surface area contributed by atoms with Gasteiger partial charge in [0.05, 0.1) is 18.9 Å². The van der Waals surface area contributed by atoms with E-state index >= 15 is 0 Å². The Morgan fingerprint density at radius 2 is 1.96 bits per heavy atom. The average molecular weight is 325 g/mol. The lowest BCUT2D eigenvalue weighted by molar-refractivity contribution is 0.134. The summed E-state index contributed by atoms with van der Waals surface area (Å²) in [5.41, 5.74) is 4.09. The van der Waals surface area contributed by atoms with Crippen molar-refractivity contribution in [2.45, 2.75) is 51.7 Å². The third-order valence-corrected chi connectivity index (χ3v) is 4.66. The first kappa shape index (κ1) is 15.3. The standard InChI is InChI=1S/C20H23NO3/c1-19(2)10-12-9-15(22-5)18-13(11-20(3,4)24-18)16(12)17(21-19)14-7-6-8-23-14/h6-9H,10-11H2,1-5H3. The van der Waals surface area contributed by atoms with Crippen molar-refractivity contribution in [2.24, 2.45) is 4.99 Å². The number of rotatable bonds is 2. The SMILES string of the molecule is COc1cc2c(c3c1OC(C)(C)C3)C(c1ccco1)=NC(C)(C)C2. The fourth-order valence-corrected chi connectivity index (χ4v) is 3.81. The lowest BCUT2D eigenvalue weighted by atomic mass is 9.82. The second kappa shape index (κ2) is 4.88. The van der Waals surface area contributed by atoms with Gasteiger partial charge in [0.2, 0.25) is 0 Å². The topological polar surface area (TPSA) is 44.0 Å². The average Bonchev–Trinajstić information content (AvgIpc) is 3.10. The molecule has 0 saturated heterocycles. The second-order valence-corrected chi connectivity index (χ2v) is 7.89. The molecule has 0 aliphatic carbocycles. The summed E-state index contributed by atoms with van der Waals surface area (Å²) in [6.07, 6.45) is 3.40. The maximum atomic E-state index is 6.19. The maximum absolute atomic E-state index is 6.19. The molecule has 0 amide bonds. The minimum atomic E-state index is -0.244. The van der Waals surface area contributed by atoms with Crippen LogP contribution in [0.15, 0.2) is 33.9 Å². The third kappa shape index (κ3) is 2.32. The van der Waals surface area contributed by atoms with Gasteiger partial charge in [-0.3, -0.25) is 4.99 Å². The number of benzene rings is 1. The van der Waals surface area contributed by atoms with Crippen LogP contribution in [0.5, 0.6) is 11.5 Å². The highest BCUT2D eigenvalue weighted by Gasteiger charge is 2.40. The Morgan fingerprint density at radius 1 is 1.17 bits per heavy atom. The molecule has 0 unspecified atom stereocenters. The number of aliphatic imine (C=N–C) groups is 1. The van der Waals surface area contributed by atoms with Gasteiger partial charge in [0.1, 0.15) is 11.3 Å². The molecular formula is C20H23NO3. The largest absolute Gasteiger partial charge is 0.493 e. The van der Waals surface area contributed by atoms with Crippen LogP contribution >= 0.6 is 0 Å². The van der Waals surface area contributed by atoms with Crippen LogP contribution in [0, 0.1) is 0 Å². The van der Waals surface area contributed by atoms with Crippen molar-refractivity contribution in [3.63, 3.8) is 0 Å².